The molecule has 190 valence electrons. The Labute approximate surface area is 209 Å². The number of hydrogen-bond donors (Lipinski definition) is 2. The van der Waals surface area contributed by atoms with Gasteiger partial charge in [-0.15, -0.1) is 0 Å². The first-order chi connectivity index (χ1) is 16.7. The number of piperidine rings is 1. The van der Waals surface area contributed by atoms with Crippen molar-refractivity contribution in [2.45, 2.75) is 57.8 Å². The summed E-state index contributed by atoms with van der Waals surface area (Å²) in [6, 6.07) is 13.4. The predicted molar refractivity (Wildman–Crippen MR) is 139 cm³/mol. The molecule has 35 heavy (non-hydrogen) atoms. The van der Waals surface area contributed by atoms with E-state index < -0.39 is 10.0 Å². The van der Waals surface area contributed by atoms with Gasteiger partial charge in [0.05, 0.1) is 4.90 Å². The van der Waals surface area contributed by atoms with E-state index in [1.807, 2.05) is 12.1 Å². The lowest BCUT2D eigenvalue weighted by Crippen LogP contribution is -2.43. The van der Waals surface area contributed by atoms with Gasteiger partial charge >= 0.3 is 0 Å². The van der Waals surface area contributed by atoms with Crippen LogP contribution in [0.25, 0.3) is 0 Å². The van der Waals surface area contributed by atoms with Gasteiger partial charge in [-0.1, -0.05) is 39.3 Å². The zero-order chi connectivity index (χ0) is 25.4. The van der Waals surface area contributed by atoms with Gasteiger partial charge in [-0.25, -0.2) is 8.42 Å². The molecule has 8 heteroatoms. The third-order valence-corrected chi connectivity index (χ3v) is 7.73. The third-order valence-electron chi connectivity index (χ3n) is 6.33. The summed E-state index contributed by atoms with van der Waals surface area (Å²) in [5.41, 5.74) is 2.00. The lowest BCUT2D eigenvalue weighted by atomic mass is 9.95. The van der Waals surface area contributed by atoms with Crippen LogP contribution >= 0.6 is 0 Å². The van der Waals surface area contributed by atoms with Crippen LogP contribution in [-0.2, 0) is 21.2 Å². The number of aryl methyl sites for hydroxylation is 1. The molecule has 2 aromatic carbocycles. The van der Waals surface area contributed by atoms with Crippen LogP contribution in [0.1, 0.15) is 62.4 Å². The number of anilines is 1. The summed E-state index contributed by atoms with van der Waals surface area (Å²) >= 11 is 0. The number of amides is 2. The zero-order valence-corrected chi connectivity index (χ0v) is 21.7. The summed E-state index contributed by atoms with van der Waals surface area (Å²) in [7, 11) is -3.71. The third kappa shape index (κ3) is 7.56. The average molecular weight is 500 g/mol. The summed E-state index contributed by atoms with van der Waals surface area (Å²) in [5.74, 6) is 0.464. The van der Waals surface area contributed by atoms with Crippen LogP contribution in [0.2, 0.25) is 0 Å². The molecule has 0 saturated carbocycles. The monoisotopic (exact) mass is 499 g/mol. The maximum atomic E-state index is 12.9. The molecule has 0 spiro atoms. The molecule has 1 heterocycles. The van der Waals surface area contributed by atoms with Gasteiger partial charge in [0, 0.05) is 36.8 Å². The van der Waals surface area contributed by atoms with Crippen molar-refractivity contribution >= 4 is 27.5 Å². The van der Waals surface area contributed by atoms with Gasteiger partial charge in [0.25, 0.3) is 15.9 Å². The molecule has 1 aliphatic rings. The fourth-order valence-electron chi connectivity index (χ4n) is 4.17. The first-order valence-corrected chi connectivity index (χ1v) is 14.0. The molecule has 2 amide bonds. The van der Waals surface area contributed by atoms with Crippen molar-refractivity contribution in [3.8, 4) is 0 Å². The van der Waals surface area contributed by atoms with Crippen LogP contribution in [-0.4, -0.2) is 44.8 Å². The summed E-state index contributed by atoms with van der Waals surface area (Å²) in [6.45, 7) is 8.09. The number of nitrogens with zero attached hydrogens (tertiary/aromatic N) is 1. The van der Waals surface area contributed by atoms with E-state index in [1.165, 1.54) is 0 Å². The zero-order valence-electron chi connectivity index (χ0n) is 20.9. The highest BCUT2D eigenvalue weighted by Gasteiger charge is 2.27. The Morgan fingerprint density at radius 2 is 1.63 bits per heavy atom. The molecule has 0 bridgehead atoms. The summed E-state index contributed by atoms with van der Waals surface area (Å²) in [6.07, 6.45) is 4.16. The number of nitrogens with one attached hydrogen (secondary N) is 2. The van der Waals surface area contributed by atoms with E-state index in [1.54, 1.807) is 41.3 Å². The van der Waals surface area contributed by atoms with Crippen molar-refractivity contribution in [1.29, 1.82) is 0 Å². The molecular weight excluding hydrogens is 462 g/mol. The van der Waals surface area contributed by atoms with Crippen molar-refractivity contribution < 1.29 is 18.0 Å². The van der Waals surface area contributed by atoms with E-state index in [0.717, 1.165) is 24.8 Å². The number of sulfonamides is 1. The quantitative estimate of drug-likeness (QED) is 0.505. The molecule has 0 aromatic heterocycles. The molecule has 1 fully saturated rings. The number of carbonyl (C=O) groups excluding carboxylic acids is 2. The lowest BCUT2D eigenvalue weighted by molar-refractivity contribution is -0.126. The Balaban J connectivity index is 1.53. The number of likely N-dealkylation sites (tertiary alicyclic amines) is 1. The van der Waals surface area contributed by atoms with E-state index in [4.69, 9.17) is 0 Å². The van der Waals surface area contributed by atoms with Crippen LogP contribution in [0.4, 0.5) is 5.69 Å². The lowest BCUT2D eigenvalue weighted by Gasteiger charge is -2.31. The average Bonchev–Trinajstić information content (AvgIpc) is 2.84. The molecule has 7 nitrogen and oxygen atoms in total. The second kappa shape index (κ2) is 12.2. The van der Waals surface area contributed by atoms with Gasteiger partial charge in [0.2, 0.25) is 5.91 Å². The van der Waals surface area contributed by atoms with Gasteiger partial charge in [-0.3, -0.25) is 14.3 Å². The van der Waals surface area contributed by atoms with Crippen molar-refractivity contribution in [1.82, 2.24) is 10.2 Å². The highest BCUT2D eigenvalue weighted by Crippen LogP contribution is 2.22. The van der Waals surface area contributed by atoms with Gasteiger partial charge < -0.3 is 10.2 Å². The molecule has 1 saturated heterocycles. The SMILES string of the molecule is CCCc1ccc(S(=O)(=O)Nc2ccc(C(=O)N3CCC(C(=O)NCCC(C)C)CC3)cc2)cc1. The van der Waals surface area contributed by atoms with Gasteiger partial charge in [0.1, 0.15) is 0 Å². The van der Waals surface area contributed by atoms with E-state index in [9.17, 15) is 18.0 Å². The first-order valence-electron chi connectivity index (χ1n) is 12.5. The van der Waals surface area contributed by atoms with Crippen LogP contribution in [0.3, 0.4) is 0 Å². The molecular formula is C27H37N3O4S. The van der Waals surface area contributed by atoms with Gasteiger partial charge in [-0.05, 0) is 73.6 Å². The Morgan fingerprint density at radius 1 is 1.00 bits per heavy atom. The molecule has 3 rings (SSSR count). The number of hydrogen-bond acceptors (Lipinski definition) is 4. The highest BCUT2D eigenvalue weighted by atomic mass is 32.2. The Bertz CT molecular complexity index is 1090. The Morgan fingerprint density at radius 3 is 2.20 bits per heavy atom. The number of carbonyl (C=O) groups is 2. The highest BCUT2D eigenvalue weighted by molar-refractivity contribution is 7.92. The molecule has 0 unspecified atom stereocenters. The van der Waals surface area contributed by atoms with Crippen LogP contribution in [0.5, 0.6) is 0 Å². The fourth-order valence-corrected chi connectivity index (χ4v) is 5.23. The minimum atomic E-state index is -3.71. The van der Waals surface area contributed by atoms with Crippen LogP contribution in [0, 0.1) is 11.8 Å². The van der Waals surface area contributed by atoms with Crippen LogP contribution in [0.15, 0.2) is 53.4 Å². The maximum absolute atomic E-state index is 12.9. The number of benzene rings is 2. The fraction of sp³-hybridized carbons (Fsp3) is 0.481. The summed E-state index contributed by atoms with van der Waals surface area (Å²) in [5, 5.41) is 3.01. The van der Waals surface area contributed by atoms with Crippen molar-refractivity contribution in [2.24, 2.45) is 11.8 Å². The minimum absolute atomic E-state index is 0.0565. The maximum Gasteiger partial charge on any atom is 0.261 e. The van der Waals surface area contributed by atoms with Crippen LogP contribution < -0.4 is 10.0 Å². The first kappa shape index (κ1) is 26.7. The van der Waals surface area contributed by atoms with Crippen molar-refractivity contribution in [3.63, 3.8) is 0 Å². The standard InChI is InChI=1S/C27H37N3O4S/c1-4-5-21-6-12-25(13-7-21)35(33,34)29-24-10-8-23(9-11-24)27(32)30-18-15-22(16-19-30)26(31)28-17-14-20(2)3/h6-13,20,22,29H,4-5,14-19H2,1-3H3,(H,28,31). The smallest absolute Gasteiger partial charge is 0.261 e. The van der Waals surface area contributed by atoms with Gasteiger partial charge in [0.15, 0.2) is 0 Å². The van der Waals surface area contributed by atoms with Crippen molar-refractivity contribution in [2.75, 3.05) is 24.4 Å². The molecule has 2 N–H and O–H groups in total. The Hall–Kier alpha value is -2.87. The molecule has 1 aliphatic heterocycles. The molecule has 2 aromatic rings. The summed E-state index contributed by atoms with van der Waals surface area (Å²) in [4.78, 5) is 27.2. The predicted octanol–water partition coefficient (Wildman–Crippen LogP) is 4.45. The number of rotatable bonds is 10. The molecule has 0 aliphatic carbocycles. The normalized spacial score (nSPS) is 14.7. The second-order valence-corrected chi connectivity index (χ2v) is 11.3. The molecule has 0 radical (unpaired) electrons. The van der Waals surface area contributed by atoms with E-state index in [0.29, 0.717) is 49.6 Å². The van der Waals surface area contributed by atoms with Gasteiger partial charge in [-0.2, -0.15) is 0 Å². The molecule has 0 atom stereocenters. The minimum Gasteiger partial charge on any atom is -0.356 e. The largest absolute Gasteiger partial charge is 0.356 e. The van der Waals surface area contributed by atoms with E-state index in [-0.39, 0.29) is 22.6 Å². The topological polar surface area (TPSA) is 95.6 Å². The Kier molecular flexibility index (Phi) is 9.32. The van der Waals surface area contributed by atoms with E-state index >= 15 is 0 Å². The van der Waals surface area contributed by atoms with Crippen molar-refractivity contribution in [3.05, 3.63) is 59.7 Å². The second-order valence-electron chi connectivity index (χ2n) is 9.62. The van der Waals surface area contributed by atoms with E-state index in [2.05, 4.69) is 30.8 Å². The summed E-state index contributed by atoms with van der Waals surface area (Å²) < 4.78 is 28.0.